The molecule has 0 aliphatic carbocycles. The summed E-state index contributed by atoms with van der Waals surface area (Å²) < 4.78 is 51.5. The highest BCUT2D eigenvalue weighted by atomic mass is 19.4. The molecular weight excluding hydrogens is 228 g/mol. The lowest BCUT2D eigenvalue weighted by atomic mass is 10.1. The van der Waals surface area contributed by atoms with Crippen molar-refractivity contribution in [1.82, 2.24) is 10.2 Å². The maximum atomic E-state index is 12.8. The Labute approximate surface area is 91.7 Å². The first-order valence-electron chi connectivity index (χ1n) is 5.13. The minimum absolute atomic E-state index is 0.0586. The summed E-state index contributed by atoms with van der Waals surface area (Å²) in [6.45, 7) is 0.295. The fourth-order valence-corrected chi connectivity index (χ4v) is 1.61. The van der Waals surface area contributed by atoms with Crippen molar-refractivity contribution < 1.29 is 22.3 Å². The SMILES string of the molecule is CN(CCC1CC(F)CN1)COC(F)(F)F. The molecule has 0 radical (unpaired) electrons. The Hall–Kier alpha value is -0.400. The van der Waals surface area contributed by atoms with Gasteiger partial charge in [0.15, 0.2) is 0 Å². The van der Waals surface area contributed by atoms with Crippen LogP contribution in [0.15, 0.2) is 0 Å². The van der Waals surface area contributed by atoms with Crippen LogP contribution in [0.25, 0.3) is 0 Å². The molecule has 1 rings (SSSR count). The Morgan fingerprint density at radius 3 is 2.62 bits per heavy atom. The number of rotatable bonds is 5. The number of hydrogen-bond acceptors (Lipinski definition) is 3. The van der Waals surface area contributed by atoms with Crippen LogP contribution in [0.3, 0.4) is 0 Å². The van der Waals surface area contributed by atoms with E-state index in [-0.39, 0.29) is 6.04 Å². The summed E-state index contributed by atoms with van der Waals surface area (Å²) in [7, 11) is 1.54. The third-order valence-corrected chi connectivity index (χ3v) is 2.48. The van der Waals surface area contributed by atoms with Crippen LogP contribution < -0.4 is 5.32 Å². The molecular formula is C9H16F4N2O. The quantitative estimate of drug-likeness (QED) is 0.586. The molecule has 1 N–H and O–H groups in total. The number of ether oxygens (including phenoxy) is 1. The minimum Gasteiger partial charge on any atom is -0.311 e. The topological polar surface area (TPSA) is 24.5 Å². The minimum atomic E-state index is -4.59. The van der Waals surface area contributed by atoms with Gasteiger partial charge in [-0.25, -0.2) is 4.39 Å². The van der Waals surface area contributed by atoms with Crippen LogP contribution in [0.2, 0.25) is 0 Å². The fraction of sp³-hybridized carbons (Fsp3) is 1.00. The summed E-state index contributed by atoms with van der Waals surface area (Å²) in [5, 5.41) is 2.97. The van der Waals surface area contributed by atoms with Crippen LogP contribution in [-0.4, -0.2) is 50.3 Å². The third-order valence-electron chi connectivity index (χ3n) is 2.48. The lowest BCUT2D eigenvalue weighted by molar-refractivity contribution is -0.335. The highest BCUT2D eigenvalue weighted by molar-refractivity contribution is 4.81. The third kappa shape index (κ3) is 5.62. The highest BCUT2D eigenvalue weighted by Crippen LogP contribution is 2.17. The molecule has 0 bridgehead atoms. The van der Waals surface area contributed by atoms with Gasteiger partial charge in [0, 0.05) is 19.1 Å². The summed E-state index contributed by atoms with van der Waals surface area (Å²) in [5.74, 6) is 0. The lowest BCUT2D eigenvalue weighted by Crippen LogP contribution is -2.31. The Kier molecular flexibility index (Phi) is 4.94. The van der Waals surface area contributed by atoms with E-state index in [1.54, 1.807) is 0 Å². The summed E-state index contributed by atoms with van der Waals surface area (Å²) in [4.78, 5) is 1.42. The van der Waals surface area contributed by atoms with Crippen molar-refractivity contribution in [2.24, 2.45) is 0 Å². The number of nitrogens with one attached hydrogen (secondary N) is 1. The van der Waals surface area contributed by atoms with Gasteiger partial charge in [-0.2, -0.15) is 0 Å². The van der Waals surface area contributed by atoms with Crippen molar-refractivity contribution in [3.8, 4) is 0 Å². The fourth-order valence-electron chi connectivity index (χ4n) is 1.61. The molecule has 1 fully saturated rings. The molecule has 0 aromatic heterocycles. The Balaban J connectivity index is 2.08. The average Bonchev–Trinajstić information content (AvgIpc) is 2.57. The molecule has 0 aromatic carbocycles. The number of nitrogens with zero attached hydrogens (tertiary/aromatic N) is 1. The molecule has 0 amide bonds. The molecule has 1 heterocycles. The summed E-state index contributed by atoms with van der Waals surface area (Å²) in [6.07, 6.45) is -4.36. The Morgan fingerprint density at radius 1 is 1.44 bits per heavy atom. The van der Waals surface area contributed by atoms with Gasteiger partial charge in [0.1, 0.15) is 12.9 Å². The molecule has 0 spiro atoms. The molecule has 1 saturated heterocycles. The van der Waals surface area contributed by atoms with Crippen LogP contribution in [-0.2, 0) is 4.74 Å². The van der Waals surface area contributed by atoms with E-state index < -0.39 is 19.3 Å². The van der Waals surface area contributed by atoms with Gasteiger partial charge in [0.2, 0.25) is 0 Å². The average molecular weight is 244 g/mol. The summed E-state index contributed by atoms with van der Waals surface area (Å²) in [6, 6.07) is 0.0586. The molecule has 1 aliphatic heterocycles. The van der Waals surface area contributed by atoms with Gasteiger partial charge in [-0.3, -0.25) is 9.64 Å². The monoisotopic (exact) mass is 244 g/mol. The van der Waals surface area contributed by atoms with Crippen LogP contribution in [0.4, 0.5) is 17.6 Å². The van der Waals surface area contributed by atoms with Crippen molar-refractivity contribution in [3.63, 3.8) is 0 Å². The van der Waals surface area contributed by atoms with E-state index in [2.05, 4.69) is 10.1 Å². The first-order valence-corrected chi connectivity index (χ1v) is 5.13. The molecule has 2 unspecified atom stereocenters. The van der Waals surface area contributed by atoms with Crippen molar-refractivity contribution >= 4 is 0 Å². The Morgan fingerprint density at radius 2 is 2.12 bits per heavy atom. The number of alkyl halides is 4. The first-order chi connectivity index (χ1) is 7.37. The van der Waals surface area contributed by atoms with E-state index >= 15 is 0 Å². The zero-order valence-electron chi connectivity index (χ0n) is 9.06. The normalized spacial score (nSPS) is 26.6. The van der Waals surface area contributed by atoms with Crippen molar-refractivity contribution in [2.75, 3.05) is 26.9 Å². The standard InChI is InChI=1S/C9H16F4N2O/c1-15(6-16-9(11,12)13)3-2-8-4-7(10)5-14-8/h7-8,14H,2-6H2,1H3. The predicted molar refractivity (Wildman–Crippen MR) is 50.6 cm³/mol. The van der Waals surface area contributed by atoms with E-state index in [1.165, 1.54) is 11.9 Å². The number of hydrogen-bond donors (Lipinski definition) is 1. The second-order valence-electron chi connectivity index (χ2n) is 4.03. The van der Waals surface area contributed by atoms with Crippen molar-refractivity contribution in [1.29, 1.82) is 0 Å². The van der Waals surface area contributed by atoms with Crippen LogP contribution >= 0.6 is 0 Å². The molecule has 0 aromatic rings. The van der Waals surface area contributed by atoms with Gasteiger partial charge in [0.05, 0.1) is 0 Å². The van der Waals surface area contributed by atoms with E-state index in [1.807, 2.05) is 0 Å². The van der Waals surface area contributed by atoms with Gasteiger partial charge in [-0.1, -0.05) is 0 Å². The highest BCUT2D eigenvalue weighted by Gasteiger charge is 2.29. The first kappa shape index (κ1) is 13.7. The maximum absolute atomic E-state index is 12.8. The second-order valence-corrected chi connectivity index (χ2v) is 4.03. The predicted octanol–water partition coefficient (Wildman–Crippen LogP) is 1.50. The molecule has 3 nitrogen and oxygen atoms in total. The largest absolute Gasteiger partial charge is 0.523 e. The zero-order valence-corrected chi connectivity index (χ0v) is 9.06. The van der Waals surface area contributed by atoms with E-state index in [0.717, 1.165) is 0 Å². The molecule has 96 valence electrons. The van der Waals surface area contributed by atoms with Gasteiger partial charge in [-0.05, 0) is 19.9 Å². The van der Waals surface area contributed by atoms with E-state index in [9.17, 15) is 17.6 Å². The van der Waals surface area contributed by atoms with E-state index in [0.29, 0.717) is 25.9 Å². The van der Waals surface area contributed by atoms with Crippen molar-refractivity contribution in [2.45, 2.75) is 31.4 Å². The van der Waals surface area contributed by atoms with Gasteiger partial charge >= 0.3 is 6.36 Å². The molecule has 16 heavy (non-hydrogen) atoms. The van der Waals surface area contributed by atoms with Crippen LogP contribution in [0.1, 0.15) is 12.8 Å². The van der Waals surface area contributed by atoms with Crippen LogP contribution in [0.5, 0.6) is 0 Å². The summed E-state index contributed by atoms with van der Waals surface area (Å²) in [5.41, 5.74) is 0. The molecule has 1 aliphatic rings. The molecule has 7 heteroatoms. The molecule has 0 saturated carbocycles. The smallest absolute Gasteiger partial charge is 0.311 e. The summed E-state index contributed by atoms with van der Waals surface area (Å²) >= 11 is 0. The van der Waals surface area contributed by atoms with Gasteiger partial charge in [0.25, 0.3) is 0 Å². The van der Waals surface area contributed by atoms with Gasteiger partial charge in [-0.15, -0.1) is 13.2 Å². The van der Waals surface area contributed by atoms with Gasteiger partial charge < -0.3 is 5.32 Å². The second kappa shape index (κ2) is 5.79. The van der Waals surface area contributed by atoms with Crippen LogP contribution in [0, 0.1) is 0 Å². The maximum Gasteiger partial charge on any atom is 0.523 e. The van der Waals surface area contributed by atoms with Crippen molar-refractivity contribution in [3.05, 3.63) is 0 Å². The zero-order chi connectivity index (χ0) is 12.2. The number of halogens is 4. The molecule has 2 atom stereocenters. The van der Waals surface area contributed by atoms with E-state index in [4.69, 9.17) is 0 Å². The lowest BCUT2D eigenvalue weighted by Gasteiger charge is -2.19. The Bertz CT molecular complexity index is 212.